The Morgan fingerprint density at radius 2 is 1.50 bits per heavy atom. The van der Waals surface area contributed by atoms with Gasteiger partial charge < -0.3 is 0 Å². The number of hydrogen-bond donors (Lipinski definition) is 0. The second-order valence-corrected chi connectivity index (χ2v) is 5.91. The first-order chi connectivity index (χ1) is 7.75. The van der Waals surface area contributed by atoms with Crippen LogP contribution < -0.4 is 0 Å². The summed E-state index contributed by atoms with van der Waals surface area (Å²) in [6, 6.07) is 7.01. The van der Waals surface area contributed by atoms with Crippen molar-refractivity contribution in [2.45, 2.75) is 17.8 Å². The van der Waals surface area contributed by atoms with E-state index >= 15 is 0 Å². The number of carbonyl (C=O) groups is 2. The van der Waals surface area contributed by atoms with E-state index in [0.717, 1.165) is 3.93 Å². The van der Waals surface area contributed by atoms with Gasteiger partial charge in [-0.15, -0.1) is 0 Å². The van der Waals surface area contributed by atoms with Crippen molar-refractivity contribution in [1.29, 1.82) is 0 Å². The van der Waals surface area contributed by atoms with Gasteiger partial charge in [0.05, 0.1) is 0 Å². The number of nitrogens with zero attached hydrogens (tertiary/aromatic N) is 1. The molecule has 0 aromatic heterocycles. The van der Waals surface area contributed by atoms with Gasteiger partial charge in [-0.1, -0.05) is 13.8 Å². The molecule has 1 aliphatic rings. The van der Waals surface area contributed by atoms with Gasteiger partial charge in [0.25, 0.3) is 0 Å². The quantitative estimate of drug-likeness (QED) is 0.560. The SMILES string of the molecule is CC.O=C1c2ccccc2C(=O)N1C[CH2][Hg]. The standard InChI is InChI=1S/C10H8NO2.C2H6.Hg/c1-2-11-9(12)7-5-3-4-6-8(7)10(11)13;1-2;/h3-6H,1-2H2;1-2H3;. The first-order valence-corrected chi connectivity index (χ1v) is 9.39. The number of carbonyl (C=O) groups excluding carboxylic acids is 2. The van der Waals surface area contributed by atoms with Crippen LogP contribution in [0.1, 0.15) is 34.6 Å². The number of rotatable bonds is 2. The predicted molar refractivity (Wildman–Crippen MR) is 58.0 cm³/mol. The molecule has 16 heavy (non-hydrogen) atoms. The van der Waals surface area contributed by atoms with Crippen LogP contribution in [0.15, 0.2) is 24.3 Å². The summed E-state index contributed by atoms with van der Waals surface area (Å²) in [5.74, 6) is -0.257. The summed E-state index contributed by atoms with van der Waals surface area (Å²) in [6.45, 7) is 4.59. The maximum atomic E-state index is 11.7. The van der Waals surface area contributed by atoms with E-state index < -0.39 is 0 Å². The van der Waals surface area contributed by atoms with Crippen LogP contribution in [-0.4, -0.2) is 23.3 Å². The fourth-order valence-electron chi connectivity index (χ4n) is 1.60. The van der Waals surface area contributed by atoms with Crippen LogP contribution >= 0.6 is 0 Å². The molecule has 0 saturated carbocycles. The third kappa shape index (κ3) is 2.34. The molecular weight excluding hydrogens is 391 g/mol. The topological polar surface area (TPSA) is 37.4 Å². The average Bonchev–Trinajstić information content (AvgIpc) is 2.58. The summed E-state index contributed by atoms with van der Waals surface area (Å²) in [6.07, 6.45) is 0. The van der Waals surface area contributed by atoms with Crippen molar-refractivity contribution in [2.75, 3.05) is 6.54 Å². The normalized spacial score (nSPS) is 13.4. The number of imide groups is 1. The molecule has 0 aliphatic carbocycles. The average molecular weight is 405 g/mol. The summed E-state index contributed by atoms with van der Waals surface area (Å²) in [7, 11) is 0. The van der Waals surface area contributed by atoms with E-state index in [1.165, 1.54) is 4.90 Å². The molecule has 0 bridgehead atoms. The van der Waals surface area contributed by atoms with Crippen LogP contribution in [0, 0.1) is 0 Å². The minimum atomic E-state index is -0.129. The van der Waals surface area contributed by atoms with E-state index in [9.17, 15) is 9.59 Å². The van der Waals surface area contributed by atoms with Crippen molar-refractivity contribution < 1.29 is 35.7 Å². The summed E-state index contributed by atoms with van der Waals surface area (Å²) in [4.78, 5) is 24.8. The molecule has 4 heteroatoms. The van der Waals surface area contributed by atoms with E-state index in [0.29, 0.717) is 43.8 Å². The fourth-order valence-corrected chi connectivity index (χ4v) is 2.83. The minimum absolute atomic E-state index is 0.129. The Hall–Kier alpha value is -0.705. The molecule has 0 saturated heterocycles. The van der Waals surface area contributed by atoms with Crippen LogP contribution in [0.4, 0.5) is 0 Å². The van der Waals surface area contributed by atoms with E-state index in [-0.39, 0.29) is 11.8 Å². The van der Waals surface area contributed by atoms with Gasteiger partial charge in [-0.2, -0.15) is 0 Å². The molecule has 1 heterocycles. The Balaban J connectivity index is 0.000000606. The van der Waals surface area contributed by atoms with E-state index in [2.05, 4.69) is 0 Å². The molecule has 3 nitrogen and oxygen atoms in total. The first kappa shape index (κ1) is 13.4. The molecule has 1 aromatic rings. The molecule has 0 unspecified atom stereocenters. The molecule has 1 aliphatic heterocycles. The second-order valence-electron chi connectivity index (χ2n) is 3.16. The Labute approximate surface area is 112 Å². The summed E-state index contributed by atoms with van der Waals surface area (Å²) >= 11 is 0.636. The summed E-state index contributed by atoms with van der Waals surface area (Å²) in [5.41, 5.74) is 1.11. The summed E-state index contributed by atoms with van der Waals surface area (Å²) < 4.78 is 0.992. The van der Waals surface area contributed by atoms with Gasteiger partial charge >= 0.3 is 98.3 Å². The number of hydrogen-bond acceptors (Lipinski definition) is 2. The first-order valence-electron chi connectivity index (χ1n) is 5.50. The number of amides is 2. The van der Waals surface area contributed by atoms with Crippen molar-refractivity contribution in [3.8, 4) is 0 Å². The number of benzene rings is 1. The van der Waals surface area contributed by atoms with Crippen LogP contribution in [0.2, 0.25) is 3.93 Å². The monoisotopic (exact) mass is 406 g/mol. The van der Waals surface area contributed by atoms with Crippen molar-refractivity contribution in [1.82, 2.24) is 4.90 Å². The van der Waals surface area contributed by atoms with Crippen molar-refractivity contribution >= 4 is 11.8 Å². The Morgan fingerprint density at radius 1 is 1.06 bits per heavy atom. The fraction of sp³-hybridized carbons (Fsp3) is 0.333. The molecule has 2 rings (SSSR count). The third-order valence-corrected chi connectivity index (χ3v) is 3.49. The van der Waals surface area contributed by atoms with Gasteiger partial charge in [0, 0.05) is 0 Å². The molecule has 0 atom stereocenters. The Bertz CT molecular complexity index is 369. The zero-order chi connectivity index (χ0) is 12.1. The molecule has 0 spiro atoms. The van der Waals surface area contributed by atoms with Gasteiger partial charge in [0.1, 0.15) is 0 Å². The zero-order valence-corrected chi connectivity index (χ0v) is 15.2. The molecule has 2 amide bonds. The predicted octanol–water partition coefficient (Wildman–Crippen LogP) is 2.27. The van der Waals surface area contributed by atoms with E-state index in [1.54, 1.807) is 24.3 Å². The van der Waals surface area contributed by atoms with E-state index in [4.69, 9.17) is 0 Å². The van der Waals surface area contributed by atoms with Gasteiger partial charge in [0.15, 0.2) is 0 Å². The Morgan fingerprint density at radius 3 is 1.88 bits per heavy atom. The third-order valence-electron chi connectivity index (χ3n) is 2.26. The molecular formula is C12H14HgNO2. The van der Waals surface area contributed by atoms with Crippen molar-refractivity contribution in [3.05, 3.63) is 35.4 Å². The maximum absolute atomic E-state index is 11.7. The van der Waals surface area contributed by atoms with Crippen LogP contribution in [-0.2, 0) is 26.1 Å². The van der Waals surface area contributed by atoms with Gasteiger partial charge in [0.2, 0.25) is 0 Å². The van der Waals surface area contributed by atoms with Crippen molar-refractivity contribution in [2.24, 2.45) is 0 Å². The Kier molecular flexibility index (Phi) is 5.12. The zero-order valence-electron chi connectivity index (χ0n) is 9.69. The van der Waals surface area contributed by atoms with Gasteiger partial charge in [-0.05, 0) is 0 Å². The summed E-state index contributed by atoms with van der Waals surface area (Å²) in [5, 5.41) is 0. The molecule has 81 valence electrons. The van der Waals surface area contributed by atoms with E-state index in [1.807, 2.05) is 13.8 Å². The second kappa shape index (κ2) is 6.13. The van der Waals surface area contributed by atoms with Gasteiger partial charge in [-0.25, -0.2) is 0 Å². The molecule has 1 aromatic carbocycles. The molecule has 0 N–H and O–H groups in total. The molecule has 0 radical (unpaired) electrons. The number of fused-ring (bicyclic) bond motifs is 1. The van der Waals surface area contributed by atoms with Crippen LogP contribution in [0.3, 0.4) is 0 Å². The van der Waals surface area contributed by atoms with Gasteiger partial charge in [-0.3, -0.25) is 0 Å². The van der Waals surface area contributed by atoms with Crippen molar-refractivity contribution in [3.63, 3.8) is 0 Å². The van der Waals surface area contributed by atoms with Crippen LogP contribution in [0.5, 0.6) is 0 Å². The molecule has 0 fully saturated rings. The van der Waals surface area contributed by atoms with Crippen LogP contribution in [0.25, 0.3) is 0 Å².